The van der Waals surface area contributed by atoms with Crippen LogP contribution >= 0.6 is 0 Å². The van der Waals surface area contributed by atoms with Crippen LogP contribution in [0.1, 0.15) is 43.1 Å². The number of carbonyl (C=O) groups is 2. The molecule has 0 unspecified atom stereocenters. The maximum Gasteiger partial charge on any atom is 0.348 e. The molecule has 29 heavy (non-hydrogen) atoms. The van der Waals surface area contributed by atoms with Crippen LogP contribution in [0.15, 0.2) is 35.1 Å². The minimum Gasteiger partial charge on any atom is -0.337 e. The molecule has 0 saturated carbocycles. The number of hydrogen-bond donors (Lipinski definition) is 1. The number of amides is 2. The highest BCUT2D eigenvalue weighted by Gasteiger charge is 2.58. The smallest absolute Gasteiger partial charge is 0.337 e. The zero-order valence-corrected chi connectivity index (χ0v) is 17.1. The lowest BCUT2D eigenvalue weighted by molar-refractivity contribution is -0.134. The van der Waals surface area contributed by atoms with Crippen molar-refractivity contribution in [1.29, 1.82) is 0 Å². The summed E-state index contributed by atoms with van der Waals surface area (Å²) >= 11 is 0. The van der Waals surface area contributed by atoms with Crippen LogP contribution in [0.5, 0.6) is 0 Å². The normalized spacial score (nSPS) is 22.8. The van der Waals surface area contributed by atoms with E-state index >= 15 is 0 Å². The largest absolute Gasteiger partial charge is 0.348 e. The molecule has 1 aromatic carbocycles. The highest BCUT2D eigenvalue weighted by atomic mass is 16.2. The molecule has 0 radical (unpaired) electrons. The lowest BCUT2D eigenvalue weighted by atomic mass is 9.73. The lowest BCUT2D eigenvalue weighted by Gasteiger charge is -2.34. The van der Waals surface area contributed by atoms with Crippen LogP contribution in [0.25, 0.3) is 0 Å². The van der Waals surface area contributed by atoms with E-state index in [2.05, 4.69) is 17.2 Å². The fourth-order valence-corrected chi connectivity index (χ4v) is 4.97. The third-order valence-corrected chi connectivity index (χ3v) is 6.28. The maximum atomic E-state index is 13.3. The van der Waals surface area contributed by atoms with E-state index in [9.17, 15) is 14.4 Å². The van der Waals surface area contributed by atoms with Gasteiger partial charge in [0, 0.05) is 23.6 Å². The van der Waals surface area contributed by atoms with Crippen molar-refractivity contribution in [2.75, 3.05) is 11.9 Å². The number of nitrogens with zero attached hydrogens (tertiary/aromatic N) is 3. The molecule has 1 aromatic heterocycles. The highest BCUT2D eigenvalue weighted by molar-refractivity contribution is 6.07. The molecule has 1 saturated heterocycles. The molecule has 1 fully saturated rings. The maximum absolute atomic E-state index is 13.3. The average molecular weight is 394 g/mol. The molecule has 2 amide bonds. The summed E-state index contributed by atoms with van der Waals surface area (Å²) in [4.78, 5) is 44.4. The summed E-state index contributed by atoms with van der Waals surface area (Å²) in [6, 6.07) is 9.32. The van der Waals surface area contributed by atoms with E-state index in [0.29, 0.717) is 24.4 Å². The zero-order chi connectivity index (χ0) is 20.8. The van der Waals surface area contributed by atoms with E-state index in [-0.39, 0.29) is 24.4 Å². The predicted octanol–water partition coefficient (Wildman–Crippen LogP) is 2.15. The number of aromatic nitrogens is 2. The minimum atomic E-state index is -0.714. The van der Waals surface area contributed by atoms with Crippen LogP contribution in [0.4, 0.5) is 5.69 Å². The van der Waals surface area contributed by atoms with Gasteiger partial charge in [-0.05, 0) is 44.4 Å². The van der Waals surface area contributed by atoms with E-state index in [1.54, 1.807) is 24.8 Å². The van der Waals surface area contributed by atoms with Crippen LogP contribution in [-0.2, 0) is 21.5 Å². The molecule has 2 aliphatic rings. The molecule has 152 valence electrons. The first-order valence-electron chi connectivity index (χ1n) is 10.1. The first-order chi connectivity index (χ1) is 13.9. The molecule has 4 rings (SSSR count). The van der Waals surface area contributed by atoms with Gasteiger partial charge in [-0.25, -0.2) is 4.79 Å². The van der Waals surface area contributed by atoms with E-state index in [0.717, 1.165) is 24.1 Å². The standard InChI is InChI=1S/C22H26N4O3/c1-4-7-18-22(16-8-5-6-9-17(16)24-20(22)28)10-11-25(18)19(27)13-26-15(3)12-14(2)23-21(26)29/h5-6,8-9,12,18H,4,7,10-11,13H2,1-3H3,(H,24,28)/t18-,22+/m0/s1. The number of likely N-dealkylation sites (tertiary alicyclic amines) is 1. The summed E-state index contributed by atoms with van der Waals surface area (Å²) in [6.45, 7) is 6.07. The topological polar surface area (TPSA) is 84.3 Å². The summed E-state index contributed by atoms with van der Waals surface area (Å²) < 4.78 is 1.41. The lowest BCUT2D eigenvalue weighted by Crippen LogP contribution is -2.49. The highest BCUT2D eigenvalue weighted by Crippen LogP contribution is 2.49. The molecule has 2 aromatic rings. The van der Waals surface area contributed by atoms with Crippen molar-refractivity contribution in [2.45, 2.75) is 58.0 Å². The second kappa shape index (κ2) is 7.13. The molecule has 7 nitrogen and oxygen atoms in total. The molecule has 1 N–H and O–H groups in total. The van der Waals surface area contributed by atoms with Gasteiger partial charge in [0.25, 0.3) is 0 Å². The number of fused-ring (bicyclic) bond motifs is 2. The van der Waals surface area contributed by atoms with E-state index in [4.69, 9.17) is 0 Å². The Morgan fingerprint density at radius 2 is 2.03 bits per heavy atom. The van der Waals surface area contributed by atoms with Crippen molar-refractivity contribution in [3.05, 3.63) is 57.8 Å². The first-order valence-corrected chi connectivity index (χ1v) is 10.1. The zero-order valence-electron chi connectivity index (χ0n) is 17.1. The first kappa shape index (κ1) is 19.4. The van der Waals surface area contributed by atoms with Crippen molar-refractivity contribution < 1.29 is 9.59 Å². The molecule has 7 heteroatoms. The molecular weight excluding hydrogens is 368 g/mol. The molecular formula is C22H26N4O3. The second-order valence-corrected chi connectivity index (χ2v) is 8.02. The Kier molecular flexibility index (Phi) is 4.76. The average Bonchev–Trinajstić information content (AvgIpc) is 3.18. The van der Waals surface area contributed by atoms with Gasteiger partial charge in [0.05, 0.1) is 11.5 Å². The number of anilines is 1. The third-order valence-electron chi connectivity index (χ3n) is 6.28. The fourth-order valence-electron chi connectivity index (χ4n) is 4.97. The van der Waals surface area contributed by atoms with Crippen LogP contribution in [0.2, 0.25) is 0 Å². The molecule has 3 heterocycles. The fraction of sp³-hybridized carbons (Fsp3) is 0.455. The molecule has 0 aliphatic carbocycles. The van der Waals surface area contributed by atoms with Crippen molar-refractivity contribution in [3.8, 4) is 0 Å². The Balaban J connectivity index is 1.68. The van der Waals surface area contributed by atoms with Crippen LogP contribution in [0.3, 0.4) is 0 Å². The Hall–Kier alpha value is -2.96. The number of benzene rings is 1. The van der Waals surface area contributed by atoms with Gasteiger partial charge >= 0.3 is 5.69 Å². The van der Waals surface area contributed by atoms with Crippen LogP contribution in [-0.4, -0.2) is 38.9 Å². The number of rotatable bonds is 4. The Bertz CT molecular complexity index is 1040. The second-order valence-electron chi connectivity index (χ2n) is 8.02. The summed E-state index contributed by atoms with van der Waals surface area (Å²) in [6.07, 6.45) is 2.18. The van der Waals surface area contributed by atoms with Crippen LogP contribution < -0.4 is 11.0 Å². The number of carbonyl (C=O) groups excluding carboxylic acids is 2. The van der Waals surface area contributed by atoms with E-state index in [1.807, 2.05) is 24.3 Å². The van der Waals surface area contributed by atoms with Gasteiger partial charge in [-0.15, -0.1) is 0 Å². The van der Waals surface area contributed by atoms with Gasteiger partial charge in [0.1, 0.15) is 6.54 Å². The van der Waals surface area contributed by atoms with Gasteiger partial charge in [-0.2, -0.15) is 4.98 Å². The van der Waals surface area contributed by atoms with Gasteiger partial charge in [0.15, 0.2) is 0 Å². The summed E-state index contributed by atoms with van der Waals surface area (Å²) in [5.74, 6) is -0.175. The summed E-state index contributed by atoms with van der Waals surface area (Å²) in [7, 11) is 0. The molecule has 2 atom stereocenters. The van der Waals surface area contributed by atoms with Gasteiger partial charge < -0.3 is 10.2 Å². The quantitative estimate of drug-likeness (QED) is 0.861. The molecule has 2 aliphatic heterocycles. The van der Waals surface area contributed by atoms with Crippen LogP contribution in [0, 0.1) is 13.8 Å². The molecule has 1 spiro atoms. The number of hydrogen-bond acceptors (Lipinski definition) is 4. The summed E-state index contributed by atoms with van der Waals surface area (Å²) in [5, 5.41) is 3.01. The summed E-state index contributed by atoms with van der Waals surface area (Å²) in [5.41, 5.74) is 2.03. The van der Waals surface area contributed by atoms with E-state index < -0.39 is 11.1 Å². The monoisotopic (exact) mass is 394 g/mol. The Labute approximate surface area is 169 Å². The number of nitrogens with one attached hydrogen (secondary N) is 1. The Morgan fingerprint density at radius 1 is 1.28 bits per heavy atom. The SMILES string of the molecule is CCC[C@@H]1N(C(=O)Cn2c(C)cc(C)nc2=O)CC[C@]12C(=O)Nc1ccccc12. The Morgan fingerprint density at radius 3 is 2.76 bits per heavy atom. The minimum absolute atomic E-state index is 0.0298. The van der Waals surface area contributed by atoms with Gasteiger partial charge in [-0.3, -0.25) is 14.2 Å². The van der Waals surface area contributed by atoms with Crippen molar-refractivity contribution in [2.24, 2.45) is 0 Å². The third kappa shape index (κ3) is 2.96. The predicted molar refractivity (Wildman–Crippen MR) is 110 cm³/mol. The van der Waals surface area contributed by atoms with E-state index in [1.165, 1.54) is 4.57 Å². The number of para-hydroxylation sites is 1. The van der Waals surface area contributed by atoms with Crippen molar-refractivity contribution in [3.63, 3.8) is 0 Å². The number of aryl methyl sites for hydroxylation is 2. The van der Waals surface area contributed by atoms with Crippen molar-refractivity contribution >= 4 is 17.5 Å². The van der Waals surface area contributed by atoms with Gasteiger partial charge in [0.2, 0.25) is 11.8 Å². The molecule has 0 bridgehead atoms. The van der Waals surface area contributed by atoms with Crippen molar-refractivity contribution in [1.82, 2.24) is 14.5 Å². The van der Waals surface area contributed by atoms with Gasteiger partial charge in [-0.1, -0.05) is 31.5 Å².